The summed E-state index contributed by atoms with van der Waals surface area (Å²) in [7, 11) is 0. The maximum Gasteiger partial charge on any atom is 0.371 e. The SMILES string of the molecule is O=C(O)c1ncc(C2CC2)[nH]1. The van der Waals surface area contributed by atoms with Crippen molar-refractivity contribution in [2.45, 2.75) is 18.8 Å². The first kappa shape index (κ1) is 6.39. The third-order valence-electron chi connectivity index (χ3n) is 1.82. The Morgan fingerprint density at radius 2 is 2.45 bits per heavy atom. The second-order valence-electron chi connectivity index (χ2n) is 2.77. The zero-order valence-corrected chi connectivity index (χ0v) is 5.87. The maximum absolute atomic E-state index is 10.4. The van der Waals surface area contributed by atoms with E-state index in [9.17, 15) is 4.79 Å². The van der Waals surface area contributed by atoms with Gasteiger partial charge in [-0.2, -0.15) is 0 Å². The summed E-state index contributed by atoms with van der Waals surface area (Å²) in [6.45, 7) is 0. The summed E-state index contributed by atoms with van der Waals surface area (Å²) >= 11 is 0. The highest BCUT2D eigenvalue weighted by Gasteiger charge is 2.26. The summed E-state index contributed by atoms with van der Waals surface area (Å²) in [5, 5.41) is 8.51. The Bertz CT molecular complexity index is 288. The molecule has 0 radical (unpaired) electrons. The van der Waals surface area contributed by atoms with E-state index >= 15 is 0 Å². The minimum Gasteiger partial charge on any atom is -0.475 e. The molecule has 2 rings (SSSR count). The topological polar surface area (TPSA) is 66.0 Å². The Labute approximate surface area is 63.3 Å². The summed E-state index contributed by atoms with van der Waals surface area (Å²) in [5.41, 5.74) is 0.961. The first-order chi connectivity index (χ1) is 5.27. The van der Waals surface area contributed by atoms with Crippen LogP contribution in [0.2, 0.25) is 0 Å². The minimum absolute atomic E-state index is 0.0481. The third kappa shape index (κ3) is 1.11. The summed E-state index contributed by atoms with van der Waals surface area (Å²) in [6, 6.07) is 0. The van der Waals surface area contributed by atoms with Crippen molar-refractivity contribution >= 4 is 5.97 Å². The molecule has 1 aromatic rings. The molecule has 11 heavy (non-hydrogen) atoms. The van der Waals surface area contributed by atoms with Crippen LogP contribution in [0.5, 0.6) is 0 Å². The quantitative estimate of drug-likeness (QED) is 0.664. The molecule has 1 aliphatic rings. The van der Waals surface area contributed by atoms with Gasteiger partial charge in [0.15, 0.2) is 0 Å². The van der Waals surface area contributed by atoms with Gasteiger partial charge in [0.05, 0.1) is 0 Å². The Kier molecular flexibility index (Phi) is 1.21. The van der Waals surface area contributed by atoms with Crippen LogP contribution in [0, 0.1) is 0 Å². The average molecular weight is 152 g/mol. The largest absolute Gasteiger partial charge is 0.475 e. The highest BCUT2D eigenvalue weighted by atomic mass is 16.4. The lowest BCUT2D eigenvalue weighted by Gasteiger charge is -1.86. The van der Waals surface area contributed by atoms with Gasteiger partial charge in [0.25, 0.3) is 0 Å². The van der Waals surface area contributed by atoms with Crippen LogP contribution in [0.3, 0.4) is 0 Å². The van der Waals surface area contributed by atoms with E-state index in [1.807, 2.05) is 0 Å². The van der Waals surface area contributed by atoms with Crippen molar-refractivity contribution in [2.24, 2.45) is 0 Å². The number of rotatable bonds is 2. The molecule has 1 fully saturated rings. The van der Waals surface area contributed by atoms with Crippen molar-refractivity contribution in [2.75, 3.05) is 0 Å². The zero-order valence-electron chi connectivity index (χ0n) is 5.87. The Balaban J connectivity index is 2.25. The van der Waals surface area contributed by atoms with E-state index in [0.717, 1.165) is 18.5 Å². The van der Waals surface area contributed by atoms with Crippen LogP contribution in [-0.2, 0) is 0 Å². The van der Waals surface area contributed by atoms with Gasteiger partial charge in [-0.3, -0.25) is 0 Å². The molecule has 0 unspecified atom stereocenters. The Hall–Kier alpha value is -1.32. The molecule has 0 atom stereocenters. The number of nitrogens with zero attached hydrogens (tertiary/aromatic N) is 1. The van der Waals surface area contributed by atoms with E-state index in [2.05, 4.69) is 9.97 Å². The van der Waals surface area contributed by atoms with Gasteiger partial charge >= 0.3 is 5.97 Å². The number of carbonyl (C=O) groups is 1. The molecule has 0 saturated heterocycles. The van der Waals surface area contributed by atoms with Gasteiger partial charge < -0.3 is 10.1 Å². The van der Waals surface area contributed by atoms with Gasteiger partial charge in [-0.1, -0.05) is 0 Å². The lowest BCUT2D eigenvalue weighted by atomic mass is 10.3. The van der Waals surface area contributed by atoms with Crippen LogP contribution in [0.4, 0.5) is 0 Å². The molecule has 1 aromatic heterocycles. The molecular weight excluding hydrogens is 144 g/mol. The molecule has 2 N–H and O–H groups in total. The molecule has 1 aliphatic carbocycles. The van der Waals surface area contributed by atoms with Crippen molar-refractivity contribution < 1.29 is 9.90 Å². The van der Waals surface area contributed by atoms with Crippen molar-refractivity contribution in [1.82, 2.24) is 9.97 Å². The smallest absolute Gasteiger partial charge is 0.371 e. The molecule has 58 valence electrons. The third-order valence-corrected chi connectivity index (χ3v) is 1.82. The van der Waals surface area contributed by atoms with E-state index in [0.29, 0.717) is 5.92 Å². The molecule has 4 heteroatoms. The molecule has 0 amide bonds. The van der Waals surface area contributed by atoms with Gasteiger partial charge in [0, 0.05) is 17.8 Å². The highest BCUT2D eigenvalue weighted by Crippen LogP contribution is 2.38. The molecule has 1 saturated carbocycles. The molecule has 0 aliphatic heterocycles. The summed E-state index contributed by atoms with van der Waals surface area (Å²) in [6.07, 6.45) is 3.92. The number of imidazole rings is 1. The minimum atomic E-state index is -0.989. The lowest BCUT2D eigenvalue weighted by molar-refractivity contribution is 0.0684. The number of hydrogen-bond donors (Lipinski definition) is 2. The molecule has 0 bridgehead atoms. The monoisotopic (exact) mass is 152 g/mol. The van der Waals surface area contributed by atoms with Crippen LogP contribution in [0.1, 0.15) is 35.1 Å². The van der Waals surface area contributed by atoms with E-state index in [1.54, 1.807) is 6.20 Å². The maximum atomic E-state index is 10.4. The first-order valence-electron chi connectivity index (χ1n) is 3.55. The summed E-state index contributed by atoms with van der Waals surface area (Å²) in [4.78, 5) is 16.8. The summed E-state index contributed by atoms with van der Waals surface area (Å²) < 4.78 is 0. The van der Waals surface area contributed by atoms with Gasteiger partial charge in [-0.15, -0.1) is 0 Å². The average Bonchev–Trinajstić information content (AvgIpc) is 2.68. The van der Waals surface area contributed by atoms with Crippen LogP contribution >= 0.6 is 0 Å². The fourth-order valence-corrected chi connectivity index (χ4v) is 1.05. The number of aromatic nitrogens is 2. The Morgan fingerprint density at radius 3 is 2.91 bits per heavy atom. The van der Waals surface area contributed by atoms with E-state index in [1.165, 1.54) is 0 Å². The zero-order chi connectivity index (χ0) is 7.84. The fourth-order valence-electron chi connectivity index (χ4n) is 1.05. The second-order valence-corrected chi connectivity index (χ2v) is 2.77. The fraction of sp³-hybridized carbons (Fsp3) is 0.429. The van der Waals surface area contributed by atoms with Gasteiger partial charge in [0.1, 0.15) is 0 Å². The van der Waals surface area contributed by atoms with Crippen molar-refractivity contribution in [3.63, 3.8) is 0 Å². The molecule has 4 nitrogen and oxygen atoms in total. The molecule has 0 aromatic carbocycles. The number of carboxylic acid groups (broad SMARTS) is 1. The van der Waals surface area contributed by atoms with Crippen molar-refractivity contribution in [1.29, 1.82) is 0 Å². The number of aromatic amines is 1. The standard InChI is InChI=1S/C7H8N2O2/c10-7(11)6-8-3-5(9-6)4-1-2-4/h3-4H,1-2H2,(H,8,9)(H,10,11). The highest BCUT2D eigenvalue weighted by molar-refractivity contribution is 5.83. The molecular formula is C7H8N2O2. The van der Waals surface area contributed by atoms with Crippen molar-refractivity contribution in [3.05, 3.63) is 17.7 Å². The number of nitrogens with one attached hydrogen (secondary N) is 1. The normalized spacial score (nSPS) is 16.7. The Morgan fingerprint density at radius 1 is 1.73 bits per heavy atom. The van der Waals surface area contributed by atoms with Crippen LogP contribution in [-0.4, -0.2) is 21.0 Å². The predicted molar refractivity (Wildman–Crippen MR) is 37.5 cm³/mol. The first-order valence-corrected chi connectivity index (χ1v) is 3.55. The van der Waals surface area contributed by atoms with Gasteiger partial charge in [-0.05, 0) is 12.8 Å². The molecule has 0 spiro atoms. The van der Waals surface area contributed by atoms with Crippen LogP contribution < -0.4 is 0 Å². The van der Waals surface area contributed by atoms with Gasteiger partial charge in [0.2, 0.25) is 5.82 Å². The lowest BCUT2D eigenvalue weighted by Crippen LogP contribution is -1.98. The summed E-state index contributed by atoms with van der Waals surface area (Å²) in [5.74, 6) is -0.403. The van der Waals surface area contributed by atoms with Crippen LogP contribution in [0.25, 0.3) is 0 Å². The molecule has 1 heterocycles. The number of carboxylic acids is 1. The van der Waals surface area contributed by atoms with E-state index < -0.39 is 5.97 Å². The van der Waals surface area contributed by atoms with Crippen LogP contribution in [0.15, 0.2) is 6.20 Å². The second kappa shape index (κ2) is 2.08. The van der Waals surface area contributed by atoms with E-state index in [-0.39, 0.29) is 5.82 Å². The number of aromatic carboxylic acids is 1. The predicted octanol–water partition coefficient (Wildman–Crippen LogP) is 0.985. The number of H-pyrrole nitrogens is 1. The van der Waals surface area contributed by atoms with Crippen molar-refractivity contribution in [3.8, 4) is 0 Å². The van der Waals surface area contributed by atoms with Gasteiger partial charge in [-0.25, -0.2) is 9.78 Å². The van der Waals surface area contributed by atoms with E-state index in [4.69, 9.17) is 5.11 Å². The number of hydrogen-bond acceptors (Lipinski definition) is 2.